The summed E-state index contributed by atoms with van der Waals surface area (Å²) in [6, 6.07) is 6.17. The summed E-state index contributed by atoms with van der Waals surface area (Å²) in [5.41, 5.74) is 1.70. The lowest BCUT2D eigenvalue weighted by Gasteiger charge is -2.18. The molecule has 16 heavy (non-hydrogen) atoms. The number of benzene rings is 1. The highest BCUT2D eigenvalue weighted by molar-refractivity contribution is 5.48. The lowest BCUT2D eigenvalue weighted by atomic mass is 10.2. The van der Waals surface area contributed by atoms with E-state index >= 15 is 0 Å². The minimum atomic E-state index is -0.126. The second-order valence-corrected chi connectivity index (χ2v) is 4.46. The molecule has 3 heteroatoms. The highest BCUT2D eigenvalue weighted by Gasteiger charge is 2.20. The fraction of sp³-hybridized carbons (Fsp3) is 0.538. The average molecular weight is 222 g/mol. The molecule has 1 fully saturated rings. The molecule has 2 rings (SSSR count). The first kappa shape index (κ1) is 11.4. The Kier molecular flexibility index (Phi) is 3.44. The zero-order chi connectivity index (χ0) is 11.5. The van der Waals surface area contributed by atoms with Crippen LogP contribution in [0.25, 0.3) is 0 Å². The molecule has 0 amide bonds. The molecule has 0 bridgehead atoms. The largest absolute Gasteiger partial charge is 0.373 e. The van der Waals surface area contributed by atoms with Gasteiger partial charge < -0.3 is 10.2 Å². The second kappa shape index (κ2) is 4.83. The summed E-state index contributed by atoms with van der Waals surface area (Å²) in [6.45, 7) is 3.61. The molecule has 1 aliphatic carbocycles. The van der Waals surface area contributed by atoms with Crippen molar-refractivity contribution < 1.29 is 4.39 Å². The number of nitrogens with one attached hydrogen (secondary N) is 1. The van der Waals surface area contributed by atoms with Gasteiger partial charge in [0.2, 0.25) is 0 Å². The van der Waals surface area contributed by atoms with E-state index in [0.717, 1.165) is 18.7 Å². The van der Waals surface area contributed by atoms with E-state index in [0.29, 0.717) is 11.7 Å². The summed E-state index contributed by atoms with van der Waals surface area (Å²) >= 11 is 0. The maximum Gasteiger partial charge on any atom is 0.146 e. The molecular weight excluding hydrogens is 203 g/mol. The molecule has 0 aliphatic heterocycles. The minimum absolute atomic E-state index is 0.126. The minimum Gasteiger partial charge on any atom is -0.373 e. The van der Waals surface area contributed by atoms with Gasteiger partial charge in [0.05, 0.1) is 5.69 Å². The molecule has 0 heterocycles. The van der Waals surface area contributed by atoms with Crippen molar-refractivity contribution >= 4 is 5.69 Å². The van der Waals surface area contributed by atoms with Crippen LogP contribution in [0, 0.1) is 5.82 Å². The van der Waals surface area contributed by atoms with Crippen LogP contribution in [0.15, 0.2) is 18.2 Å². The van der Waals surface area contributed by atoms with E-state index in [2.05, 4.69) is 5.32 Å². The predicted octanol–water partition coefficient (Wildman–Crippen LogP) is 2.53. The lowest BCUT2D eigenvalue weighted by molar-refractivity contribution is 0.616. The Morgan fingerprint density at radius 1 is 1.44 bits per heavy atom. The number of anilines is 1. The second-order valence-electron chi connectivity index (χ2n) is 4.46. The first-order valence-corrected chi connectivity index (χ1v) is 5.93. The first-order valence-electron chi connectivity index (χ1n) is 5.93. The summed E-state index contributed by atoms with van der Waals surface area (Å²) in [5.74, 6) is -0.126. The fourth-order valence-electron chi connectivity index (χ4n) is 1.69. The molecule has 1 saturated carbocycles. The molecule has 88 valence electrons. The van der Waals surface area contributed by atoms with Gasteiger partial charge in [-0.3, -0.25) is 0 Å². The van der Waals surface area contributed by atoms with Gasteiger partial charge >= 0.3 is 0 Å². The van der Waals surface area contributed by atoms with Gasteiger partial charge in [0.1, 0.15) is 5.82 Å². The molecule has 0 aromatic heterocycles. The van der Waals surface area contributed by atoms with Crippen molar-refractivity contribution in [3.8, 4) is 0 Å². The van der Waals surface area contributed by atoms with Crippen LogP contribution in [0.2, 0.25) is 0 Å². The van der Waals surface area contributed by atoms with Crippen LogP contribution < -0.4 is 10.2 Å². The molecule has 1 aliphatic rings. The molecule has 1 N–H and O–H groups in total. The summed E-state index contributed by atoms with van der Waals surface area (Å²) < 4.78 is 13.8. The number of hydrogen-bond donors (Lipinski definition) is 1. The average Bonchev–Trinajstić information content (AvgIpc) is 3.09. The van der Waals surface area contributed by atoms with Crippen LogP contribution in [0.3, 0.4) is 0 Å². The van der Waals surface area contributed by atoms with E-state index in [4.69, 9.17) is 0 Å². The van der Waals surface area contributed by atoms with Crippen molar-refractivity contribution in [3.05, 3.63) is 29.6 Å². The van der Waals surface area contributed by atoms with Crippen molar-refractivity contribution in [2.45, 2.75) is 32.4 Å². The van der Waals surface area contributed by atoms with E-state index in [1.165, 1.54) is 12.8 Å². The third-order valence-electron chi connectivity index (χ3n) is 3.07. The number of nitrogens with zero attached hydrogens (tertiary/aromatic N) is 1. The molecule has 1 aromatic rings. The SMILES string of the molecule is CCN(C)c1ccc(CNC2CC2)cc1F. The highest BCUT2D eigenvalue weighted by atomic mass is 19.1. The Labute approximate surface area is 96.5 Å². The smallest absolute Gasteiger partial charge is 0.146 e. The molecular formula is C13H19FN2. The van der Waals surface area contributed by atoms with Crippen LogP contribution in [0.5, 0.6) is 0 Å². The topological polar surface area (TPSA) is 15.3 Å². The van der Waals surface area contributed by atoms with E-state index in [1.807, 2.05) is 31.0 Å². The Balaban J connectivity index is 2.02. The van der Waals surface area contributed by atoms with E-state index < -0.39 is 0 Å². The van der Waals surface area contributed by atoms with Gasteiger partial charge in [0, 0.05) is 26.2 Å². The van der Waals surface area contributed by atoms with Gasteiger partial charge in [-0.05, 0) is 37.5 Å². The standard InChI is InChI=1S/C13H19FN2/c1-3-16(2)13-7-4-10(8-12(13)14)9-15-11-5-6-11/h4,7-8,11,15H,3,5-6,9H2,1-2H3. The molecule has 1 aromatic carbocycles. The Morgan fingerprint density at radius 3 is 2.75 bits per heavy atom. The normalized spacial score (nSPS) is 15.2. The molecule has 0 spiro atoms. The molecule has 2 nitrogen and oxygen atoms in total. The Bertz CT molecular complexity index is 361. The van der Waals surface area contributed by atoms with E-state index in [9.17, 15) is 4.39 Å². The number of halogens is 1. The van der Waals surface area contributed by atoms with Gasteiger partial charge in [-0.2, -0.15) is 0 Å². The highest BCUT2D eigenvalue weighted by Crippen LogP contribution is 2.21. The van der Waals surface area contributed by atoms with Crippen LogP contribution in [0.1, 0.15) is 25.3 Å². The lowest BCUT2D eigenvalue weighted by Crippen LogP contribution is -2.18. The zero-order valence-corrected chi connectivity index (χ0v) is 9.96. The fourth-order valence-corrected chi connectivity index (χ4v) is 1.69. The summed E-state index contributed by atoms with van der Waals surface area (Å²) in [7, 11) is 1.90. The van der Waals surface area contributed by atoms with E-state index in [-0.39, 0.29) is 5.82 Å². The molecule has 0 saturated heterocycles. The molecule has 0 unspecified atom stereocenters. The van der Waals surface area contributed by atoms with Crippen LogP contribution >= 0.6 is 0 Å². The zero-order valence-electron chi connectivity index (χ0n) is 9.96. The Hall–Kier alpha value is -1.09. The predicted molar refractivity (Wildman–Crippen MR) is 65.2 cm³/mol. The van der Waals surface area contributed by atoms with Crippen LogP contribution in [-0.4, -0.2) is 19.6 Å². The van der Waals surface area contributed by atoms with Gasteiger partial charge in [-0.25, -0.2) is 4.39 Å². The van der Waals surface area contributed by atoms with E-state index in [1.54, 1.807) is 6.07 Å². The number of rotatable bonds is 5. The van der Waals surface area contributed by atoms with Crippen molar-refractivity contribution in [2.75, 3.05) is 18.5 Å². The van der Waals surface area contributed by atoms with Gasteiger partial charge in [0.15, 0.2) is 0 Å². The van der Waals surface area contributed by atoms with Crippen LogP contribution in [-0.2, 0) is 6.54 Å². The Morgan fingerprint density at radius 2 is 2.19 bits per heavy atom. The summed E-state index contributed by atoms with van der Waals surface area (Å²) in [6.07, 6.45) is 2.53. The van der Waals surface area contributed by atoms with Crippen molar-refractivity contribution in [3.63, 3.8) is 0 Å². The van der Waals surface area contributed by atoms with Crippen molar-refractivity contribution in [2.24, 2.45) is 0 Å². The maximum absolute atomic E-state index is 13.8. The van der Waals surface area contributed by atoms with Crippen LogP contribution in [0.4, 0.5) is 10.1 Å². The summed E-state index contributed by atoms with van der Waals surface area (Å²) in [4.78, 5) is 1.91. The molecule has 0 radical (unpaired) electrons. The van der Waals surface area contributed by atoms with Gasteiger partial charge in [-0.1, -0.05) is 6.07 Å². The third kappa shape index (κ3) is 2.73. The van der Waals surface area contributed by atoms with Gasteiger partial charge in [-0.15, -0.1) is 0 Å². The summed E-state index contributed by atoms with van der Waals surface area (Å²) in [5, 5.41) is 3.38. The van der Waals surface area contributed by atoms with Crippen molar-refractivity contribution in [1.82, 2.24) is 5.32 Å². The maximum atomic E-state index is 13.8. The van der Waals surface area contributed by atoms with Crippen molar-refractivity contribution in [1.29, 1.82) is 0 Å². The quantitative estimate of drug-likeness (QED) is 0.823. The van der Waals surface area contributed by atoms with Gasteiger partial charge in [0.25, 0.3) is 0 Å². The third-order valence-corrected chi connectivity index (χ3v) is 3.07. The number of hydrogen-bond acceptors (Lipinski definition) is 2. The monoisotopic (exact) mass is 222 g/mol. The molecule has 0 atom stereocenters. The first-order chi connectivity index (χ1) is 7.70.